The number of primary amides is 1. The third-order valence-corrected chi connectivity index (χ3v) is 6.83. The number of amides is 1. The van der Waals surface area contributed by atoms with Crippen molar-refractivity contribution in [3.63, 3.8) is 0 Å². The van der Waals surface area contributed by atoms with Crippen molar-refractivity contribution in [2.75, 3.05) is 7.11 Å². The van der Waals surface area contributed by atoms with Crippen LogP contribution in [0.3, 0.4) is 0 Å². The topological polar surface area (TPSA) is 123 Å². The SMILES string of the molecule is COc1ccc(OCc2nnc(C34CC(C(Oc5ccc(Cl)c(F)c5)C(N)=O)(C3)C4)o2)c(C)n1. The molecule has 2 bridgehead atoms. The molecule has 3 aromatic rings. The first-order valence-electron chi connectivity index (χ1n) is 10.6. The number of nitrogens with zero attached hydrogens (tertiary/aromatic N) is 3. The predicted octanol–water partition coefficient (Wildman–Crippen LogP) is 3.51. The first-order valence-corrected chi connectivity index (χ1v) is 11.0. The van der Waals surface area contributed by atoms with Gasteiger partial charge in [0.2, 0.25) is 11.8 Å². The largest absolute Gasteiger partial charge is 0.482 e. The van der Waals surface area contributed by atoms with Crippen molar-refractivity contribution >= 4 is 17.5 Å². The van der Waals surface area contributed by atoms with Crippen molar-refractivity contribution in [2.45, 2.75) is 44.3 Å². The number of hydrogen-bond donors (Lipinski definition) is 1. The van der Waals surface area contributed by atoms with E-state index in [0.717, 1.165) is 6.07 Å². The fourth-order valence-corrected chi connectivity index (χ4v) is 5.12. The average molecular weight is 489 g/mol. The number of aryl methyl sites for hydroxylation is 1. The molecule has 1 atom stereocenters. The van der Waals surface area contributed by atoms with Gasteiger partial charge in [-0.05, 0) is 44.4 Å². The molecule has 9 nitrogen and oxygen atoms in total. The van der Waals surface area contributed by atoms with Crippen LogP contribution in [0.2, 0.25) is 5.02 Å². The van der Waals surface area contributed by atoms with Crippen LogP contribution >= 0.6 is 11.6 Å². The van der Waals surface area contributed by atoms with Gasteiger partial charge in [-0.2, -0.15) is 0 Å². The Bertz CT molecular complexity index is 1250. The molecule has 3 aliphatic rings. The highest BCUT2D eigenvalue weighted by atomic mass is 35.5. The molecule has 0 aliphatic heterocycles. The number of aromatic nitrogens is 3. The Morgan fingerprint density at radius 3 is 2.68 bits per heavy atom. The molecule has 178 valence electrons. The monoisotopic (exact) mass is 488 g/mol. The third kappa shape index (κ3) is 3.71. The fraction of sp³-hybridized carbons (Fsp3) is 0.391. The second kappa shape index (κ2) is 8.12. The number of carbonyl (C=O) groups excluding carboxylic acids is 1. The minimum absolute atomic E-state index is 0.0259. The van der Waals surface area contributed by atoms with Crippen LogP contribution < -0.4 is 19.9 Å². The normalized spacial score (nSPS) is 23.4. The van der Waals surface area contributed by atoms with E-state index in [9.17, 15) is 9.18 Å². The lowest BCUT2D eigenvalue weighted by Crippen LogP contribution is -2.72. The summed E-state index contributed by atoms with van der Waals surface area (Å²) in [6, 6.07) is 7.49. The molecule has 2 N–H and O–H groups in total. The fourth-order valence-electron chi connectivity index (χ4n) is 5.00. The van der Waals surface area contributed by atoms with E-state index < -0.39 is 23.2 Å². The molecule has 0 saturated heterocycles. The molecule has 0 radical (unpaired) electrons. The highest BCUT2D eigenvalue weighted by molar-refractivity contribution is 6.30. The minimum Gasteiger partial charge on any atom is -0.482 e. The molecule has 2 heterocycles. The van der Waals surface area contributed by atoms with E-state index in [1.54, 1.807) is 19.2 Å². The number of rotatable bonds is 9. The zero-order valence-electron chi connectivity index (χ0n) is 18.5. The van der Waals surface area contributed by atoms with Crippen LogP contribution in [0.25, 0.3) is 0 Å². The minimum atomic E-state index is -0.897. The van der Waals surface area contributed by atoms with Crippen molar-refractivity contribution in [1.82, 2.24) is 15.2 Å². The summed E-state index contributed by atoms with van der Waals surface area (Å²) in [7, 11) is 1.55. The molecule has 3 aliphatic carbocycles. The van der Waals surface area contributed by atoms with Gasteiger partial charge in [-0.3, -0.25) is 4.79 Å². The predicted molar refractivity (Wildman–Crippen MR) is 117 cm³/mol. The van der Waals surface area contributed by atoms with Crippen molar-refractivity contribution in [1.29, 1.82) is 0 Å². The Morgan fingerprint density at radius 2 is 2.03 bits per heavy atom. The van der Waals surface area contributed by atoms with Crippen LogP contribution in [0, 0.1) is 18.2 Å². The van der Waals surface area contributed by atoms with Gasteiger partial charge in [0.05, 0.1) is 23.2 Å². The number of carbonyl (C=O) groups is 1. The summed E-state index contributed by atoms with van der Waals surface area (Å²) in [5.41, 5.74) is 5.54. The summed E-state index contributed by atoms with van der Waals surface area (Å²) < 4.78 is 36.3. The lowest BCUT2D eigenvalue weighted by Gasteiger charge is -2.69. The summed E-state index contributed by atoms with van der Waals surface area (Å²) in [5.74, 6) is 0.892. The molecule has 34 heavy (non-hydrogen) atoms. The lowest BCUT2D eigenvalue weighted by molar-refractivity contribution is -0.208. The molecule has 0 spiro atoms. The van der Waals surface area contributed by atoms with Crippen molar-refractivity contribution in [2.24, 2.45) is 11.1 Å². The number of hydrogen-bond acceptors (Lipinski definition) is 8. The van der Waals surface area contributed by atoms with Gasteiger partial charge in [0.1, 0.15) is 17.3 Å². The average Bonchev–Trinajstić information content (AvgIpc) is 3.21. The molecule has 3 fully saturated rings. The maximum absolute atomic E-state index is 13.8. The Hall–Kier alpha value is -3.40. The Kier molecular flexibility index (Phi) is 5.35. The first kappa shape index (κ1) is 22.4. The summed E-state index contributed by atoms with van der Waals surface area (Å²) in [6.07, 6.45) is 0.917. The first-order chi connectivity index (χ1) is 16.2. The summed E-state index contributed by atoms with van der Waals surface area (Å²) >= 11 is 5.72. The van der Waals surface area contributed by atoms with Gasteiger partial charge >= 0.3 is 0 Å². The maximum atomic E-state index is 13.8. The molecular formula is C23H22ClFN4O5. The zero-order valence-corrected chi connectivity index (χ0v) is 19.3. The van der Waals surface area contributed by atoms with Crippen LogP contribution in [-0.4, -0.2) is 34.3 Å². The molecule has 1 unspecified atom stereocenters. The van der Waals surface area contributed by atoms with E-state index in [4.69, 9.17) is 36.0 Å². The van der Waals surface area contributed by atoms with Gasteiger partial charge < -0.3 is 24.4 Å². The maximum Gasteiger partial charge on any atom is 0.259 e. The molecule has 11 heteroatoms. The van der Waals surface area contributed by atoms with Crippen molar-refractivity contribution in [3.05, 3.63) is 58.6 Å². The standard InChI is InChI=1S/C23H22ClFN4O5/c1-12-16(5-6-17(27-12)31-2)32-8-18-28-29-21(34-18)23-9-22(10-23,11-23)19(20(26)30)33-13-3-4-14(24)15(25)7-13/h3-7,19H,8-11H2,1-2H3,(H2,26,30). The molecule has 1 aromatic carbocycles. The van der Waals surface area contributed by atoms with Gasteiger partial charge in [-0.1, -0.05) is 11.6 Å². The highest BCUT2D eigenvalue weighted by Gasteiger charge is 2.75. The molecule has 1 amide bonds. The Morgan fingerprint density at radius 1 is 1.26 bits per heavy atom. The van der Waals surface area contributed by atoms with E-state index in [1.165, 1.54) is 12.1 Å². The quantitative estimate of drug-likeness (QED) is 0.485. The number of ether oxygens (including phenoxy) is 3. The Balaban J connectivity index is 1.22. The van der Waals surface area contributed by atoms with Crippen LogP contribution in [0.4, 0.5) is 4.39 Å². The number of pyridine rings is 1. The number of halogens is 2. The number of nitrogens with two attached hydrogens (primary N) is 1. The summed E-state index contributed by atoms with van der Waals surface area (Å²) in [5, 5.41) is 8.26. The summed E-state index contributed by atoms with van der Waals surface area (Å²) in [6.45, 7) is 1.91. The van der Waals surface area contributed by atoms with Gasteiger partial charge in [0.25, 0.3) is 11.8 Å². The van der Waals surface area contributed by atoms with E-state index in [-0.39, 0.29) is 22.8 Å². The Labute approximate surface area is 199 Å². The highest BCUT2D eigenvalue weighted by Crippen LogP contribution is 2.75. The van der Waals surface area contributed by atoms with Crippen LogP contribution in [0.15, 0.2) is 34.7 Å². The van der Waals surface area contributed by atoms with Crippen LogP contribution in [0.5, 0.6) is 17.4 Å². The summed E-state index contributed by atoms with van der Waals surface area (Å²) in [4.78, 5) is 16.4. The molecule has 6 rings (SSSR count). The second-order valence-corrected chi connectivity index (χ2v) is 9.28. The van der Waals surface area contributed by atoms with Gasteiger partial charge in [-0.15, -0.1) is 10.2 Å². The van der Waals surface area contributed by atoms with Gasteiger partial charge in [0.15, 0.2) is 12.7 Å². The van der Waals surface area contributed by atoms with Crippen LogP contribution in [-0.2, 0) is 16.8 Å². The smallest absolute Gasteiger partial charge is 0.259 e. The molecule has 3 saturated carbocycles. The van der Waals surface area contributed by atoms with Crippen LogP contribution in [0.1, 0.15) is 36.7 Å². The lowest BCUT2D eigenvalue weighted by atomic mass is 9.33. The van der Waals surface area contributed by atoms with Gasteiger partial charge in [0, 0.05) is 17.5 Å². The molecule has 2 aromatic heterocycles. The van der Waals surface area contributed by atoms with Gasteiger partial charge in [-0.25, -0.2) is 9.37 Å². The molecular weight excluding hydrogens is 467 g/mol. The number of methoxy groups -OCH3 is 1. The second-order valence-electron chi connectivity index (χ2n) is 8.88. The van der Waals surface area contributed by atoms with Crippen molar-refractivity contribution < 1.29 is 27.8 Å². The number of benzene rings is 1. The third-order valence-electron chi connectivity index (χ3n) is 6.52. The van der Waals surface area contributed by atoms with E-state index in [1.807, 2.05) is 6.92 Å². The van der Waals surface area contributed by atoms with E-state index in [0.29, 0.717) is 48.4 Å². The zero-order chi connectivity index (χ0) is 24.1. The van der Waals surface area contributed by atoms with E-state index >= 15 is 0 Å². The van der Waals surface area contributed by atoms with E-state index in [2.05, 4.69) is 15.2 Å². The van der Waals surface area contributed by atoms with Crippen molar-refractivity contribution in [3.8, 4) is 17.4 Å².